The van der Waals surface area contributed by atoms with E-state index in [9.17, 15) is 9.59 Å². The van der Waals surface area contributed by atoms with E-state index in [2.05, 4.69) is 9.97 Å². The van der Waals surface area contributed by atoms with Gasteiger partial charge in [0.05, 0.1) is 10.5 Å². The first-order valence-corrected chi connectivity index (χ1v) is 7.37. The SMILES string of the molecule is CC(=O)Oc1c(C(=O)c2ccc(Cl)cn2)[nH]c2cc(Cl)ccc12. The van der Waals surface area contributed by atoms with Gasteiger partial charge in [0.25, 0.3) is 0 Å². The zero-order chi connectivity index (χ0) is 16.6. The Balaban J connectivity index is 2.16. The lowest BCUT2D eigenvalue weighted by Crippen LogP contribution is -2.09. The van der Waals surface area contributed by atoms with Crippen LogP contribution in [0.5, 0.6) is 5.75 Å². The highest BCUT2D eigenvalue weighted by Gasteiger charge is 2.22. The van der Waals surface area contributed by atoms with Crippen molar-refractivity contribution in [2.45, 2.75) is 6.92 Å². The van der Waals surface area contributed by atoms with E-state index in [1.807, 2.05) is 0 Å². The average molecular weight is 349 g/mol. The molecule has 0 radical (unpaired) electrons. The molecule has 1 N–H and O–H groups in total. The standard InChI is InChI=1S/C16H10Cl2N2O3/c1-8(21)23-16-11-4-2-9(17)6-13(11)20-14(16)15(22)12-5-3-10(18)7-19-12/h2-7,20H,1H3. The molecule has 7 heteroatoms. The summed E-state index contributed by atoms with van der Waals surface area (Å²) < 4.78 is 5.22. The Morgan fingerprint density at radius 2 is 1.87 bits per heavy atom. The van der Waals surface area contributed by atoms with Crippen LogP contribution in [-0.2, 0) is 4.79 Å². The molecule has 0 aliphatic carbocycles. The number of halogens is 2. The number of rotatable bonds is 3. The first kappa shape index (κ1) is 15.5. The smallest absolute Gasteiger partial charge is 0.308 e. The van der Waals surface area contributed by atoms with Crippen LogP contribution in [0, 0.1) is 0 Å². The summed E-state index contributed by atoms with van der Waals surface area (Å²) in [7, 11) is 0. The highest BCUT2D eigenvalue weighted by molar-refractivity contribution is 6.31. The van der Waals surface area contributed by atoms with Crippen molar-refractivity contribution in [3.8, 4) is 5.75 Å². The van der Waals surface area contributed by atoms with E-state index in [4.69, 9.17) is 27.9 Å². The van der Waals surface area contributed by atoms with E-state index in [1.165, 1.54) is 19.2 Å². The fourth-order valence-corrected chi connectivity index (χ4v) is 2.48. The van der Waals surface area contributed by atoms with Gasteiger partial charge in [-0.25, -0.2) is 0 Å². The molecule has 3 aromatic rings. The first-order valence-electron chi connectivity index (χ1n) is 6.61. The molecule has 0 aliphatic rings. The summed E-state index contributed by atoms with van der Waals surface area (Å²) in [5, 5.41) is 1.50. The van der Waals surface area contributed by atoms with Crippen LogP contribution in [-0.4, -0.2) is 21.7 Å². The molecule has 0 bridgehead atoms. The fraction of sp³-hybridized carbons (Fsp3) is 0.0625. The van der Waals surface area contributed by atoms with Crippen molar-refractivity contribution in [2.75, 3.05) is 0 Å². The number of aromatic nitrogens is 2. The number of carbonyl (C=O) groups is 2. The maximum absolute atomic E-state index is 12.7. The Kier molecular flexibility index (Phi) is 4.07. The zero-order valence-corrected chi connectivity index (χ0v) is 13.4. The molecule has 116 valence electrons. The first-order chi connectivity index (χ1) is 11.0. The van der Waals surface area contributed by atoms with Crippen molar-refractivity contribution < 1.29 is 14.3 Å². The summed E-state index contributed by atoms with van der Waals surface area (Å²) in [5.41, 5.74) is 0.902. The van der Waals surface area contributed by atoms with Crippen molar-refractivity contribution in [2.24, 2.45) is 0 Å². The molecule has 5 nitrogen and oxygen atoms in total. The maximum atomic E-state index is 12.7. The number of esters is 1. The molecule has 0 aliphatic heterocycles. The summed E-state index contributed by atoms with van der Waals surface area (Å²) in [6.45, 7) is 1.27. The van der Waals surface area contributed by atoms with E-state index in [0.29, 0.717) is 20.9 Å². The molecule has 0 unspecified atom stereocenters. The molecule has 1 aromatic carbocycles. The Morgan fingerprint density at radius 1 is 1.13 bits per heavy atom. The highest BCUT2D eigenvalue weighted by Crippen LogP contribution is 2.33. The summed E-state index contributed by atoms with van der Waals surface area (Å²) >= 11 is 11.7. The minimum atomic E-state index is -0.529. The Hall–Kier alpha value is -2.37. The number of nitrogens with one attached hydrogen (secondary N) is 1. The number of aromatic amines is 1. The molecule has 0 amide bonds. The average Bonchev–Trinajstić information content (AvgIpc) is 2.84. The van der Waals surface area contributed by atoms with Crippen LogP contribution in [0.3, 0.4) is 0 Å². The summed E-state index contributed by atoms with van der Waals surface area (Å²) in [5.74, 6) is -0.782. The van der Waals surface area contributed by atoms with Gasteiger partial charge in [-0.1, -0.05) is 23.2 Å². The second kappa shape index (κ2) is 6.02. The van der Waals surface area contributed by atoms with E-state index >= 15 is 0 Å². The molecule has 0 fully saturated rings. The van der Waals surface area contributed by atoms with Crippen LogP contribution in [0.1, 0.15) is 23.1 Å². The van der Waals surface area contributed by atoms with Gasteiger partial charge < -0.3 is 9.72 Å². The third kappa shape index (κ3) is 3.06. The number of nitrogens with zero attached hydrogens (tertiary/aromatic N) is 1. The zero-order valence-electron chi connectivity index (χ0n) is 11.9. The van der Waals surface area contributed by atoms with Crippen LogP contribution in [0.15, 0.2) is 36.5 Å². The number of carbonyl (C=O) groups excluding carboxylic acids is 2. The normalized spacial score (nSPS) is 10.7. The number of ketones is 1. The molecule has 3 rings (SSSR count). The molecule has 0 spiro atoms. The summed E-state index contributed by atoms with van der Waals surface area (Å²) in [6.07, 6.45) is 1.37. The Morgan fingerprint density at radius 3 is 2.52 bits per heavy atom. The number of pyridine rings is 1. The van der Waals surface area contributed by atoms with Crippen LogP contribution in [0.25, 0.3) is 10.9 Å². The van der Waals surface area contributed by atoms with Crippen LogP contribution >= 0.6 is 23.2 Å². The number of H-pyrrole nitrogens is 1. The Bertz CT molecular complexity index is 917. The largest absolute Gasteiger partial charge is 0.424 e. The van der Waals surface area contributed by atoms with Crippen molar-refractivity contribution in [1.29, 1.82) is 0 Å². The third-order valence-corrected chi connectivity index (χ3v) is 3.60. The maximum Gasteiger partial charge on any atom is 0.308 e. The molecule has 23 heavy (non-hydrogen) atoms. The van der Waals surface area contributed by atoms with Gasteiger partial charge in [-0.05, 0) is 30.3 Å². The van der Waals surface area contributed by atoms with Crippen molar-refractivity contribution in [3.63, 3.8) is 0 Å². The van der Waals surface area contributed by atoms with Crippen LogP contribution < -0.4 is 4.74 Å². The number of ether oxygens (including phenoxy) is 1. The quantitative estimate of drug-likeness (QED) is 0.573. The molecule has 0 atom stereocenters. The number of hydrogen-bond acceptors (Lipinski definition) is 4. The predicted octanol–water partition coefficient (Wildman–Crippen LogP) is 4.03. The molecule has 2 heterocycles. The molecular weight excluding hydrogens is 339 g/mol. The van der Waals surface area contributed by atoms with Gasteiger partial charge in [0, 0.05) is 23.5 Å². The number of hydrogen-bond donors (Lipinski definition) is 1. The monoisotopic (exact) mass is 348 g/mol. The summed E-state index contributed by atoms with van der Waals surface area (Å²) in [4.78, 5) is 31.0. The predicted molar refractivity (Wildman–Crippen MR) is 87.3 cm³/mol. The van der Waals surface area contributed by atoms with Gasteiger partial charge >= 0.3 is 5.97 Å². The Labute approximate surface area is 141 Å². The summed E-state index contributed by atoms with van der Waals surface area (Å²) in [6, 6.07) is 8.04. The lowest BCUT2D eigenvalue weighted by molar-refractivity contribution is -0.131. The third-order valence-electron chi connectivity index (χ3n) is 3.15. The van der Waals surface area contributed by atoms with Crippen LogP contribution in [0.2, 0.25) is 10.0 Å². The van der Waals surface area contributed by atoms with Gasteiger partial charge in [-0.3, -0.25) is 14.6 Å². The fourth-order valence-electron chi connectivity index (χ4n) is 2.19. The van der Waals surface area contributed by atoms with Crippen LogP contribution in [0.4, 0.5) is 0 Å². The highest BCUT2D eigenvalue weighted by atomic mass is 35.5. The van der Waals surface area contributed by atoms with Crippen molar-refractivity contribution >= 4 is 45.9 Å². The number of fused-ring (bicyclic) bond motifs is 1. The lowest BCUT2D eigenvalue weighted by atomic mass is 10.1. The van der Waals surface area contributed by atoms with Gasteiger partial charge in [-0.2, -0.15) is 0 Å². The minimum Gasteiger partial charge on any atom is -0.424 e. The molecule has 2 aromatic heterocycles. The lowest BCUT2D eigenvalue weighted by Gasteiger charge is -2.03. The van der Waals surface area contributed by atoms with E-state index < -0.39 is 11.8 Å². The number of benzene rings is 1. The van der Waals surface area contributed by atoms with Gasteiger partial charge in [0.2, 0.25) is 5.78 Å². The van der Waals surface area contributed by atoms with Crippen molar-refractivity contribution in [1.82, 2.24) is 9.97 Å². The second-order valence-corrected chi connectivity index (χ2v) is 5.68. The van der Waals surface area contributed by atoms with Gasteiger partial charge in [0.15, 0.2) is 5.75 Å². The minimum absolute atomic E-state index is 0.132. The van der Waals surface area contributed by atoms with E-state index in [-0.39, 0.29) is 17.1 Å². The van der Waals surface area contributed by atoms with Gasteiger partial charge in [0.1, 0.15) is 11.4 Å². The molecule has 0 saturated heterocycles. The molecule has 0 saturated carbocycles. The van der Waals surface area contributed by atoms with E-state index in [1.54, 1.807) is 24.3 Å². The van der Waals surface area contributed by atoms with Crippen molar-refractivity contribution in [3.05, 3.63) is 58.0 Å². The van der Waals surface area contributed by atoms with E-state index in [0.717, 1.165) is 0 Å². The molecular formula is C16H10Cl2N2O3. The topological polar surface area (TPSA) is 72.1 Å². The second-order valence-electron chi connectivity index (χ2n) is 4.80. The van der Waals surface area contributed by atoms with Gasteiger partial charge in [-0.15, -0.1) is 0 Å².